The average Bonchev–Trinajstić information content (AvgIpc) is 3.06. The van der Waals surface area contributed by atoms with Crippen LogP contribution >= 0.6 is 27.3 Å². The molecule has 6 heteroatoms. The lowest BCUT2D eigenvalue weighted by Crippen LogP contribution is -2.13. The summed E-state index contributed by atoms with van der Waals surface area (Å²) in [6, 6.07) is 19.4. The van der Waals surface area contributed by atoms with Gasteiger partial charge in [-0.3, -0.25) is 4.79 Å². The fourth-order valence-electron chi connectivity index (χ4n) is 2.63. The number of hydrogen-bond acceptors (Lipinski definition) is 3. The van der Waals surface area contributed by atoms with Crippen LogP contribution in [-0.4, -0.2) is 10.9 Å². The molecule has 1 amide bonds. The highest BCUT2D eigenvalue weighted by Crippen LogP contribution is 2.34. The van der Waals surface area contributed by atoms with E-state index in [1.807, 2.05) is 48.5 Å². The Morgan fingerprint density at radius 3 is 2.62 bits per heavy atom. The van der Waals surface area contributed by atoms with Crippen LogP contribution < -0.4 is 5.32 Å². The summed E-state index contributed by atoms with van der Waals surface area (Å²) in [5.74, 6) is -0.714. The van der Waals surface area contributed by atoms with Crippen molar-refractivity contribution in [3.05, 3.63) is 82.6 Å². The molecule has 4 rings (SSSR count). The summed E-state index contributed by atoms with van der Waals surface area (Å²) < 4.78 is 14.8. The van der Waals surface area contributed by atoms with Gasteiger partial charge in [0.05, 0.1) is 21.5 Å². The van der Waals surface area contributed by atoms with Gasteiger partial charge in [0.1, 0.15) is 10.8 Å². The molecule has 0 atom stereocenters. The van der Waals surface area contributed by atoms with Crippen LogP contribution in [0.2, 0.25) is 0 Å². The summed E-state index contributed by atoms with van der Waals surface area (Å²) in [6.45, 7) is 0. The van der Waals surface area contributed by atoms with E-state index < -0.39 is 5.82 Å². The van der Waals surface area contributed by atoms with Crippen molar-refractivity contribution < 1.29 is 9.18 Å². The first-order valence-corrected chi connectivity index (χ1v) is 9.44. The number of thiazole rings is 1. The second kappa shape index (κ2) is 6.97. The quantitative estimate of drug-likeness (QED) is 0.428. The van der Waals surface area contributed by atoms with E-state index in [1.165, 1.54) is 18.2 Å². The zero-order chi connectivity index (χ0) is 18.1. The zero-order valence-corrected chi connectivity index (χ0v) is 15.8. The largest absolute Gasteiger partial charge is 0.321 e. The van der Waals surface area contributed by atoms with Crippen molar-refractivity contribution in [1.82, 2.24) is 4.98 Å². The predicted molar refractivity (Wildman–Crippen MR) is 107 cm³/mol. The molecule has 1 heterocycles. The smallest absolute Gasteiger partial charge is 0.256 e. The van der Waals surface area contributed by atoms with E-state index in [9.17, 15) is 9.18 Å². The zero-order valence-electron chi connectivity index (χ0n) is 13.4. The highest BCUT2D eigenvalue weighted by molar-refractivity contribution is 9.10. The molecule has 0 saturated carbocycles. The number of amides is 1. The summed E-state index contributed by atoms with van der Waals surface area (Å²) in [6.07, 6.45) is 0. The molecule has 4 aromatic rings. The summed E-state index contributed by atoms with van der Waals surface area (Å²) in [4.78, 5) is 17.3. The number of fused-ring (bicyclic) bond motifs is 1. The van der Waals surface area contributed by atoms with Crippen LogP contribution in [0.1, 0.15) is 10.4 Å². The standard InChI is InChI=1S/C20H12BrFN2OS/c21-15-11-12(22)9-10-13(15)19(25)23-16-6-2-1-5-14(16)20-24-17-7-3-4-8-18(17)26-20/h1-11H,(H,23,25). The molecule has 1 aromatic heterocycles. The van der Waals surface area contributed by atoms with Gasteiger partial charge < -0.3 is 5.32 Å². The monoisotopic (exact) mass is 426 g/mol. The van der Waals surface area contributed by atoms with E-state index in [1.54, 1.807) is 11.3 Å². The van der Waals surface area contributed by atoms with Crippen molar-refractivity contribution in [2.24, 2.45) is 0 Å². The Labute approximate surface area is 161 Å². The Kier molecular flexibility index (Phi) is 4.53. The van der Waals surface area contributed by atoms with Crippen LogP contribution in [0.3, 0.4) is 0 Å². The van der Waals surface area contributed by atoms with E-state index in [0.29, 0.717) is 15.7 Å². The SMILES string of the molecule is O=C(Nc1ccccc1-c1nc2ccccc2s1)c1ccc(F)cc1Br. The third kappa shape index (κ3) is 3.25. The van der Waals surface area contributed by atoms with Crippen molar-refractivity contribution in [1.29, 1.82) is 0 Å². The van der Waals surface area contributed by atoms with Crippen LogP contribution in [0.4, 0.5) is 10.1 Å². The molecule has 0 unspecified atom stereocenters. The number of rotatable bonds is 3. The van der Waals surface area contributed by atoms with Gasteiger partial charge in [0.25, 0.3) is 5.91 Å². The lowest BCUT2D eigenvalue weighted by molar-refractivity contribution is 0.102. The van der Waals surface area contributed by atoms with Crippen molar-refractivity contribution in [3.8, 4) is 10.6 Å². The van der Waals surface area contributed by atoms with Crippen molar-refractivity contribution in [2.45, 2.75) is 0 Å². The third-order valence-corrected chi connectivity index (χ3v) is 5.60. The molecule has 1 N–H and O–H groups in total. The van der Waals surface area contributed by atoms with Crippen LogP contribution in [0.5, 0.6) is 0 Å². The number of carbonyl (C=O) groups excluding carboxylic acids is 1. The Hall–Kier alpha value is -2.57. The maximum absolute atomic E-state index is 13.3. The van der Waals surface area contributed by atoms with Crippen LogP contribution in [-0.2, 0) is 0 Å². The maximum atomic E-state index is 13.3. The van der Waals surface area contributed by atoms with Gasteiger partial charge in [-0.1, -0.05) is 24.3 Å². The van der Waals surface area contributed by atoms with E-state index in [4.69, 9.17) is 0 Å². The minimum Gasteiger partial charge on any atom is -0.321 e. The number of nitrogens with one attached hydrogen (secondary N) is 1. The summed E-state index contributed by atoms with van der Waals surface area (Å²) >= 11 is 4.81. The Balaban J connectivity index is 1.70. The van der Waals surface area contributed by atoms with Gasteiger partial charge in [0.15, 0.2) is 0 Å². The minimum atomic E-state index is -0.400. The van der Waals surface area contributed by atoms with Gasteiger partial charge >= 0.3 is 0 Å². The maximum Gasteiger partial charge on any atom is 0.256 e. The number of para-hydroxylation sites is 2. The molecular weight excluding hydrogens is 415 g/mol. The lowest BCUT2D eigenvalue weighted by atomic mass is 10.1. The second-order valence-corrected chi connectivity index (χ2v) is 7.50. The third-order valence-electron chi connectivity index (χ3n) is 3.88. The highest BCUT2D eigenvalue weighted by atomic mass is 79.9. The summed E-state index contributed by atoms with van der Waals surface area (Å²) in [7, 11) is 0. The first-order chi connectivity index (χ1) is 12.6. The summed E-state index contributed by atoms with van der Waals surface area (Å²) in [5.41, 5.74) is 2.80. The van der Waals surface area contributed by atoms with Crippen molar-refractivity contribution in [2.75, 3.05) is 5.32 Å². The number of benzene rings is 3. The number of carbonyl (C=O) groups is 1. The fourth-order valence-corrected chi connectivity index (χ4v) is 4.17. The van der Waals surface area contributed by atoms with Gasteiger partial charge in [-0.25, -0.2) is 9.37 Å². The molecular formula is C20H12BrFN2OS. The first kappa shape index (κ1) is 16.9. The number of halogens is 2. The van der Waals surface area contributed by atoms with Gasteiger partial charge in [0, 0.05) is 10.0 Å². The van der Waals surface area contributed by atoms with E-state index in [2.05, 4.69) is 26.2 Å². The molecule has 0 radical (unpaired) electrons. The van der Waals surface area contributed by atoms with Crippen molar-refractivity contribution >= 4 is 49.1 Å². The second-order valence-electron chi connectivity index (χ2n) is 5.61. The normalized spacial score (nSPS) is 10.8. The molecule has 0 saturated heterocycles. The number of anilines is 1. The molecule has 0 aliphatic heterocycles. The van der Waals surface area contributed by atoms with Gasteiger partial charge in [-0.05, 0) is 58.4 Å². The number of nitrogens with zero attached hydrogens (tertiary/aromatic N) is 1. The highest BCUT2D eigenvalue weighted by Gasteiger charge is 2.15. The average molecular weight is 427 g/mol. The molecule has 0 aliphatic rings. The van der Waals surface area contributed by atoms with E-state index in [-0.39, 0.29) is 5.91 Å². The number of aromatic nitrogens is 1. The summed E-state index contributed by atoms with van der Waals surface area (Å²) in [5, 5.41) is 3.74. The molecule has 0 bridgehead atoms. The topological polar surface area (TPSA) is 42.0 Å². The van der Waals surface area contributed by atoms with Gasteiger partial charge in [-0.2, -0.15) is 0 Å². The van der Waals surface area contributed by atoms with Crippen LogP contribution in [0.15, 0.2) is 71.2 Å². The molecule has 3 aromatic carbocycles. The Morgan fingerprint density at radius 1 is 1.04 bits per heavy atom. The lowest BCUT2D eigenvalue weighted by Gasteiger charge is -2.10. The van der Waals surface area contributed by atoms with Crippen LogP contribution in [0.25, 0.3) is 20.8 Å². The molecule has 0 spiro atoms. The molecule has 0 aliphatic carbocycles. The van der Waals surface area contributed by atoms with Gasteiger partial charge in [0.2, 0.25) is 0 Å². The Morgan fingerprint density at radius 2 is 1.81 bits per heavy atom. The minimum absolute atomic E-state index is 0.314. The van der Waals surface area contributed by atoms with Crippen molar-refractivity contribution in [3.63, 3.8) is 0 Å². The molecule has 0 fully saturated rings. The van der Waals surface area contributed by atoms with Gasteiger partial charge in [-0.15, -0.1) is 11.3 Å². The molecule has 3 nitrogen and oxygen atoms in total. The van der Waals surface area contributed by atoms with E-state index in [0.717, 1.165) is 20.8 Å². The predicted octanol–water partition coefficient (Wildman–Crippen LogP) is 6.12. The molecule has 128 valence electrons. The number of hydrogen-bond donors (Lipinski definition) is 1. The fraction of sp³-hybridized carbons (Fsp3) is 0. The molecule has 26 heavy (non-hydrogen) atoms. The Bertz CT molecular complexity index is 1090. The first-order valence-electron chi connectivity index (χ1n) is 7.83. The van der Waals surface area contributed by atoms with E-state index >= 15 is 0 Å². The van der Waals surface area contributed by atoms with Crippen LogP contribution in [0, 0.1) is 5.82 Å².